The van der Waals surface area contributed by atoms with Crippen LogP contribution < -0.4 is 0 Å². The van der Waals surface area contributed by atoms with Crippen molar-refractivity contribution < 1.29 is 0 Å². The highest BCUT2D eigenvalue weighted by Gasteiger charge is 2.16. The summed E-state index contributed by atoms with van der Waals surface area (Å²) < 4.78 is 2.66. The fraction of sp³-hybridized carbons (Fsp3) is 0. The molecule has 0 radical (unpaired) electrons. The average molecular weight is 720 g/mol. The summed E-state index contributed by atoms with van der Waals surface area (Å²) >= 11 is 1.86. The standard InChI is InChI=1S/C51H33N3S/c1-3-11-39(12-4-1)43-15-7-8-17-45(43)51-53-49(40-13-5-2-6-14-40)52-50(54-51)41-29-27-37(28-30-41)35-21-19-34(20-22-35)36-23-25-38(26-24-36)42-31-32-48-46(33-42)44-16-9-10-18-47(44)55-48/h1-33H. The van der Waals surface area contributed by atoms with Crippen LogP contribution in [0.3, 0.4) is 0 Å². The Morgan fingerprint density at radius 2 is 0.655 bits per heavy atom. The van der Waals surface area contributed by atoms with E-state index in [2.05, 4.69) is 158 Å². The van der Waals surface area contributed by atoms with Crippen molar-refractivity contribution in [3.63, 3.8) is 0 Å². The smallest absolute Gasteiger partial charge is 0.164 e. The lowest BCUT2D eigenvalue weighted by Crippen LogP contribution is -2.01. The summed E-state index contributed by atoms with van der Waals surface area (Å²) in [5.74, 6) is 1.93. The maximum absolute atomic E-state index is 5.06. The van der Waals surface area contributed by atoms with Gasteiger partial charge in [0, 0.05) is 36.9 Å². The first-order valence-corrected chi connectivity index (χ1v) is 19.2. The zero-order valence-corrected chi connectivity index (χ0v) is 30.6. The van der Waals surface area contributed by atoms with E-state index in [0.717, 1.165) is 38.9 Å². The van der Waals surface area contributed by atoms with Crippen LogP contribution >= 0.6 is 11.3 Å². The van der Waals surface area contributed by atoms with Crippen molar-refractivity contribution in [3.05, 3.63) is 200 Å². The number of aromatic nitrogens is 3. The third-order valence-corrected chi connectivity index (χ3v) is 11.4. The predicted octanol–water partition coefficient (Wildman–Crippen LogP) is 13.9. The normalized spacial score (nSPS) is 11.3. The van der Waals surface area contributed by atoms with Gasteiger partial charge in [-0.05, 0) is 62.7 Å². The first-order valence-electron chi connectivity index (χ1n) is 18.4. The number of hydrogen-bond donors (Lipinski definition) is 0. The van der Waals surface area contributed by atoms with Gasteiger partial charge in [-0.25, -0.2) is 15.0 Å². The lowest BCUT2D eigenvalue weighted by molar-refractivity contribution is 1.07. The van der Waals surface area contributed by atoms with Gasteiger partial charge in [0.25, 0.3) is 0 Å². The molecule has 2 heterocycles. The van der Waals surface area contributed by atoms with Crippen LogP contribution in [-0.4, -0.2) is 15.0 Å². The van der Waals surface area contributed by atoms with Gasteiger partial charge in [-0.1, -0.05) is 182 Å². The molecule has 0 aliphatic heterocycles. The molecule has 0 amide bonds. The predicted molar refractivity (Wildman–Crippen MR) is 231 cm³/mol. The molecule has 0 atom stereocenters. The fourth-order valence-corrected chi connectivity index (χ4v) is 8.40. The van der Waals surface area contributed by atoms with Crippen LogP contribution in [0.15, 0.2) is 200 Å². The van der Waals surface area contributed by atoms with Crippen molar-refractivity contribution in [2.24, 2.45) is 0 Å². The first kappa shape index (κ1) is 32.6. The van der Waals surface area contributed by atoms with Gasteiger partial charge in [-0.15, -0.1) is 11.3 Å². The highest BCUT2D eigenvalue weighted by Crippen LogP contribution is 2.37. The molecular formula is C51H33N3S. The van der Waals surface area contributed by atoms with Crippen molar-refractivity contribution in [3.8, 4) is 78.7 Å². The van der Waals surface area contributed by atoms with E-state index >= 15 is 0 Å². The molecule has 10 rings (SSSR count). The van der Waals surface area contributed by atoms with E-state index in [9.17, 15) is 0 Å². The molecule has 55 heavy (non-hydrogen) atoms. The minimum Gasteiger partial charge on any atom is -0.208 e. The highest BCUT2D eigenvalue weighted by molar-refractivity contribution is 7.25. The van der Waals surface area contributed by atoms with Gasteiger partial charge in [-0.2, -0.15) is 0 Å². The van der Waals surface area contributed by atoms with Gasteiger partial charge in [0.05, 0.1) is 0 Å². The number of hydrogen-bond acceptors (Lipinski definition) is 4. The van der Waals surface area contributed by atoms with Gasteiger partial charge in [0.15, 0.2) is 17.5 Å². The number of benzene rings is 8. The number of thiophene rings is 1. The Morgan fingerprint density at radius 3 is 1.25 bits per heavy atom. The molecule has 10 aromatic rings. The van der Waals surface area contributed by atoms with E-state index in [1.807, 2.05) is 53.8 Å². The second-order valence-corrected chi connectivity index (χ2v) is 14.7. The zero-order chi connectivity index (χ0) is 36.6. The summed E-state index contributed by atoms with van der Waals surface area (Å²) in [6.45, 7) is 0. The minimum atomic E-state index is 0.639. The Balaban J connectivity index is 0.924. The Kier molecular flexibility index (Phi) is 8.36. The number of fused-ring (bicyclic) bond motifs is 3. The van der Waals surface area contributed by atoms with Crippen LogP contribution in [0.25, 0.3) is 98.8 Å². The second-order valence-electron chi connectivity index (χ2n) is 13.6. The lowest BCUT2D eigenvalue weighted by Gasteiger charge is -2.12. The van der Waals surface area contributed by atoms with Gasteiger partial charge in [0.2, 0.25) is 0 Å². The monoisotopic (exact) mass is 719 g/mol. The molecule has 4 heteroatoms. The van der Waals surface area contributed by atoms with Crippen LogP contribution in [0.4, 0.5) is 0 Å². The van der Waals surface area contributed by atoms with E-state index in [1.165, 1.54) is 42.4 Å². The largest absolute Gasteiger partial charge is 0.208 e. The quantitative estimate of drug-likeness (QED) is 0.165. The first-order chi connectivity index (χ1) is 27.2. The lowest BCUT2D eigenvalue weighted by atomic mass is 9.97. The summed E-state index contributed by atoms with van der Waals surface area (Å²) in [6.07, 6.45) is 0. The van der Waals surface area contributed by atoms with Gasteiger partial charge >= 0.3 is 0 Å². The SMILES string of the molecule is c1ccc(-c2nc(-c3ccc(-c4ccc(-c5ccc(-c6ccc7sc8ccccc8c7c6)cc5)cc4)cc3)nc(-c3ccccc3-c3ccccc3)n2)cc1. The summed E-state index contributed by atoms with van der Waals surface area (Å²) in [4.78, 5) is 15.0. The number of nitrogens with zero attached hydrogens (tertiary/aromatic N) is 3. The summed E-state index contributed by atoms with van der Waals surface area (Å²) in [5.41, 5.74) is 12.2. The van der Waals surface area contributed by atoms with Gasteiger partial charge < -0.3 is 0 Å². The summed E-state index contributed by atoms with van der Waals surface area (Å²) in [6, 6.07) is 70.5. The third-order valence-electron chi connectivity index (χ3n) is 10.2. The molecule has 2 aromatic heterocycles. The van der Waals surface area contributed by atoms with Crippen molar-refractivity contribution in [2.75, 3.05) is 0 Å². The average Bonchev–Trinajstić information content (AvgIpc) is 3.65. The number of rotatable bonds is 7. The molecule has 0 bridgehead atoms. The van der Waals surface area contributed by atoms with E-state index in [0.29, 0.717) is 17.5 Å². The minimum absolute atomic E-state index is 0.639. The Bertz CT molecular complexity index is 2930. The third kappa shape index (κ3) is 6.39. The maximum Gasteiger partial charge on any atom is 0.164 e. The summed E-state index contributed by atoms with van der Waals surface area (Å²) in [5, 5.41) is 2.65. The van der Waals surface area contributed by atoms with Crippen molar-refractivity contribution >= 4 is 31.5 Å². The molecule has 0 fully saturated rings. The van der Waals surface area contributed by atoms with E-state index in [-0.39, 0.29) is 0 Å². The zero-order valence-electron chi connectivity index (χ0n) is 29.8. The molecule has 0 N–H and O–H groups in total. The molecule has 8 aromatic carbocycles. The Hall–Kier alpha value is -7.01. The molecule has 0 saturated carbocycles. The van der Waals surface area contributed by atoms with Crippen molar-refractivity contribution in [1.82, 2.24) is 15.0 Å². The van der Waals surface area contributed by atoms with Crippen molar-refractivity contribution in [1.29, 1.82) is 0 Å². The maximum atomic E-state index is 5.06. The Labute approximate surface area is 323 Å². The second kappa shape index (κ2) is 14.1. The van der Waals surface area contributed by atoms with Gasteiger partial charge in [-0.3, -0.25) is 0 Å². The van der Waals surface area contributed by atoms with Crippen LogP contribution in [0.5, 0.6) is 0 Å². The van der Waals surface area contributed by atoms with E-state index in [4.69, 9.17) is 15.0 Å². The van der Waals surface area contributed by atoms with Crippen LogP contribution in [-0.2, 0) is 0 Å². The van der Waals surface area contributed by atoms with E-state index in [1.54, 1.807) is 0 Å². The van der Waals surface area contributed by atoms with Crippen molar-refractivity contribution in [2.45, 2.75) is 0 Å². The molecule has 3 nitrogen and oxygen atoms in total. The molecule has 0 aliphatic rings. The van der Waals surface area contributed by atoms with Crippen LogP contribution in [0, 0.1) is 0 Å². The van der Waals surface area contributed by atoms with Crippen LogP contribution in [0.1, 0.15) is 0 Å². The van der Waals surface area contributed by atoms with Gasteiger partial charge in [0.1, 0.15) is 0 Å². The highest BCUT2D eigenvalue weighted by atomic mass is 32.1. The molecule has 0 unspecified atom stereocenters. The molecule has 258 valence electrons. The van der Waals surface area contributed by atoms with Crippen LogP contribution in [0.2, 0.25) is 0 Å². The molecule has 0 aliphatic carbocycles. The summed E-state index contributed by atoms with van der Waals surface area (Å²) in [7, 11) is 0. The van der Waals surface area contributed by atoms with E-state index < -0.39 is 0 Å². The molecule has 0 spiro atoms. The molecule has 0 saturated heterocycles. The fourth-order valence-electron chi connectivity index (χ4n) is 7.32. The Morgan fingerprint density at radius 1 is 0.255 bits per heavy atom. The molecular weight excluding hydrogens is 687 g/mol. The topological polar surface area (TPSA) is 38.7 Å².